The molecule has 0 atom stereocenters. The number of methoxy groups -OCH3 is 2. The van der Waals surface area contributed by atoms with Crippen molar-refractivity contribution in [3.63, 3.8) is 0 Å². The summed E-state index contributed by atoms with van der Waals surface area (Å²) >= 11 is 0. The molecule has 0 aromatic heterocycles. The van der Waals surface area contributed by atoms with Crippen LogP contribution in [0.2, 0.25) is 0 Å². The van der Waals surface area contributed by atoms with Crippen LogP contribution in [-0.4, -0.2) is 39.1 Å². The van der Waals surface area contributed by atoms with E-state index in [0.29, 0.717) is 5.75 Å². The number of likely N-dealkylation sites (N-methyl/N-ethyl adjacent to an activating group) is 1. The zero-order valence-electron chi connectivity index (χ0n) is 19.7. The molecule has 4 rings (SSSR count). The summed E-state index contributed by atoms with van der Waals surface area (Å²) in [6, 6.07) is 25.6. The van der Waals surface area contributed by atoms with Gasteiger partial charge < -0.3 is 19.1 Å². The molecule has 0 bridgehead atoms. The highest BCUT2D eigenvalue weighted by atomic mass is 16.5. The molecule has 0 saturated heterocycles. The molecule has 0 fully saturated rings. The monoisotopic (exact) mass is 453 g/mol. The maximum absolute atomic E-state index is 11.8. The van der Waals surface area contributed by atoms with Crippen LogP contribution in [0.1, 0.15) is 5.56 Å². The second-order valence-corrected chi connectivity index (χ2v) is 7.99. The Morgan fingerprint density at radius 2 is 1.41 bits per heavy atom. The molecule has 4 aromatic rings. The summed E-state index contributed by atoms with van der Waals surface area (Å²) in [6.45, 7) is 0. The first-order chi connectivity index (χ1) is 16.5. The third-order valence-corrected chi connectivity index (χ3v) is 5.54. The first kappa shape index (κ1) is 22.9. The van der Waals surface area contributed by atoms with Crippen LogP contribution >= 0.6 is 0 Å². The van der Waals surface area contributed by atoms with Crippen LogP contribution in [0.15, 0.2) is 84.9 Å². The lowest BCUT2D eigenvalue weighted by Crippen LogP contribution is -2.18. The summed E-state index contributed by atoms with van der Waals surface area (Å²) in [6.07, 6.45) is 3.34. The van der Waals surface area contributed by atoms with Gasteiger partial charge in [-0.05, 0) is 71.1 Å². The molecule has 1 amide bonds. The van der Waals surface area contributed by atoms with Crippen molar-refractivity contribution in [1.82, 2.24) is 4.90 Å². The number of hydrogen-bond acceptors (Lipinski definition) is 4. The van der Waals surface area contributed by atoms with Gasteiger partial charge >= 0.3 is 0 Å². The standard InChI is InChI=1S/C29H27NO4/c1-30(2)28(31)18-7-20-5-11-24(12-6-20)34-29-26(21-8-13-23(32-3)14-9-21)16-10-22-19-25(33-4)15-17-27(22)29/h5-19H,1-4H3. The van der Waals surface area contributed by atoms with Crippen LogP contribution in [-0.2, 0) is 4.79 Å². The first-order valence-electron chi connectivity index (χ1n) is 10.9. The van der Waals surface area contributed by atoms with Gasteiger partial charge in [-0.25, -0.2) is 0 Å². The second-order valence-electron chi connectivity index (χ2n) is 7.99. The van der Waals surface area contributed by atoms with Crippen molar-refractivity contribution in [1.29, 1.82) is 0 Å². The van der Waals surface area contributed by atoms with Crippen molar-refractivity contribution >= 4 is 22.8 Å². The summed E-state index contributed by atoms with van der Waals surface area (Å²) in [5, 5.41) is 2.00. The Kier molecular flexibility index (Phi) is 6.83. The minimum atomic E-state index is -0.0596. The van der Waals surface area contributed by atoms with Crippen molar-refractivity contribution < 1.29 is 19.0 Å². The van der Waals surface area contributed by atoms with E-state index < -0.39 is 0 Å². The van der Waals surface area contributed by atoms with E-state index in [2.05, 4.69) is 12.1 Å². The molecule has 34 heavy (non-hydrogen) atoms. The molecular weight excluding hydrogens is 426 g/mol. The first-order valence-corrected chi connectivity index (χ1v) is 10.9. The van der Waals surface area contributed by atoms with E-state index in [4.69, 9.17) is 14.2 Å². The lowest BCUT2D eigenvalue weighted by atomic mass is 9.99. The van der Waals surface area contributed by atoms with Gasteiger partial charge in [0.25, 0.3) is 0 Å². The van der Waals surface area contributed by atoms with E-state index in [0.717, 1.165) is 44.7 Å². The summed E-state index contributed by atoms with van der Waals surface area (Å²) in [7, 11) is 6.77. The molecule has 0 aliphatic heterocycles. The zero-order valence-corrected chi connectivity index (χ0v) is 19.7. The van der Waals surface area contributed by atoms with Crippen LogP contribution in [0.4, 0.5) is 0 Å². The van der Waals surface area contributed by atoms with Crippen LogP contribution in [0, 0.1) is 0 Å². The molecule has 172 valence electrons. The number of ether oxygens (including phenoxy) is 3. The lowest BCUT2D eigenvalue weighted by molar-refractivity contribution is -0.123. The molecule has 4 aromatic carbocycles. The van der Waals surface area contributed by atoms with Crippen LogP contribution in [0.5, 0.6) is 23.0 Å². The second kappa shape index (κ2) is 10.1. The Balaban J connectivity index is 1.72. The average Bonchev–Trinajstić information content (AvgIpc) is 2.87. The molecule has 0 radical (unpaired) electrons. The average molecular weight is 454 g/mol. The van der Waals surface area contributed by atoms with Gasteiger partial charge in [0, 0.05) is 31.1 Å². The minimum absolute atomic E-state index is 0.0596. The van der Waals surface area contributed by atoms with E-state index >= 15 is 0 Å². The van der Waals surface area contributed by atoms with E-state index in [1.165, 1.54) is 4.90 Å². The Bertz CT molecular complexity index is 1320. The normalized spacial score (nSPS) is 10.9. The van der Waals surface area contributed by atoms with Crippen molar-refractivity contribution in [2.24, 2.45) is 0 Å². The summed E-state index contributed by atoms with van der Waals surface area (Å²) in [5.74, 6) is 2.99. The van der Waals surface area contributed by atoms with E-state index in [1.807, 2.05) is 66.7 Å². The quantitative estimate of drug-likeness (QED) is 0.303. The summed E-state index contributed by atoms with van der Waals surface area (Å²) in [4.78, 5) is 13.3. The highest BCUT2D eigenvalue weighted by Gasteiger charge is 2.13. The molecule has 0 aliphatic rings. The van der Waals surface area contributed by atoms with Gasteiger partial charge in [0.05, 0.1) is 14.2 Å². The number of carbonyl (C=O) groups is 1. The molecule has 0 N–H and O–H groups in total. The van der Waals surface area contributed by atoms with Gasteiger partial charge in [-0.15, -0.1) is 0 Å². The molecule has 0 heterocycles. The Morgan fingerprint density at radius 1 is 0.765 bits per heavy atom. The molecule has 5 heteroatoms. The summed E-state index contributed by atoms with van der Waals surface area (Å²) < 4.78 is 17.2. The van der Waals surface area contributed by atoms with Gasteiger partial charge in [0.15, 0.2) is 0 Å². The number of rotatable bonds is 7. The number of amides is 1. The predicted octanol–water partition coefficient (Wildman–Crippen LogP) is 6.42. The Hall–Kier alpha value is -4.25. The molecule has 0 aliphatic carbocycles. The highest BCUT2D eigenvalue weighted by molar-refractivity contribution is 5.96. The zero-order chi connectivity index (χ0) is 24.1. The van der Waals surface area contributed by atoms with Crippen molar-refractivity contribution in [2.75, 3.05) is 28.3 Å². The third kappa shape index (κ3) is 5.04. The predicted molar refractivity (Wildman–Crippen MR) is 137 cm³/mol. The molecule has 0 spiro atoms. The van der Waals surface area contributed by atoms with Gasteiger partial charge in [0.2, 0.25) is 5.91 Å². The third-order valence-electron chi connectivity index (χ3n) is 5.54. The smallest absolute Gasteiger partial charge is 0.246 e. The van der Waals surface area contributed by atoms with Gasteiger partial charge in [-0.3, -0.25) is 4.79 Å². The SMILES string of the molecule is COc1ccc(-c2ccc3cc(OC)ccc3c2Oc2ccc(C=CC(=O)N(C)C)cc2)cc1. The Morgan fingerprint density at radius 3 is 2.06 bits per heavy atom. The maximum atomic E-state index is 11.8. The summed E-state index contributed by atoms with van der Waals surface area (Å²) in [5.41, 5.74) is 2.91. The van der Waals surface area contributed by atoms with Crippen LogP contribution < -0.4 is 14.2 Å². The lowest BCUT2D eigenvalue weighted by Gasteiger charge is -2.16. The van der Waals surface area contributed by atoms with Crippen LogP contribution in [0.25, 0.3) is 28.0 Å². The fourth-order valence-corrected chi connectivity index (χ4v) is 3.60. The van der Waals surface area contributed by atoms with Crippen molar-refractivity contribution in [3.05, 3.63) is 90.5 Å². The number of carbonyl (C=O) groups excluding carboxylic acids is 1. The van der Waals surface area contributed by atoms with Crippen LogP contribution in [0.3, 0.4) is 0 Å². The largest absolute Gasteiger partial charge is 0.497 e. The van der Waals surface area contributed by atoms with Gasteiger partial charge in [-0.2, -0.15) is 0 Å². The molecule has 0 unspecified atom stereocenters. The number of nitrogens with zero attached hydrogens (tertiary/aromatic N) is 1. The minimum Gasteiger partial charge on any atom is -0.497 e. The molecular formula is C29H27NO4. The molecule has 5 nitrogen and oxygen atoms in total. The number of hydrogen-bond donors (Lipinski definition) is 0. The van der Waals surface area contributed by atoms with Crippen molar-refractivity contribution in [2.45, 2.75) is 0 Å². The fourth-order valence-electron chi connectivity index (χ4n) is 3.60. The Labute approximate surface area is 199 Å². The topological polar surface area (TPSA) is 48.0 Å². The number of fused-ring (bicyclic) bond motifs is 1. The maximum Gasteiger partial charge on any atom is 0.246 e. The van der Waals surface area contributed by atoms with Gasteiger partial charge in [-0.1, -0.05) is 30.3 Å². The van der Waals surface area contributed by atoms with Crippen molar-refractivity contribution in [3.8, 4) is 34.1 Å². The highest BCUT2D eigenvalue weighted by Crippen LogP contribution is 2.41. The van der Waals surface area contributed by atoms with E-state index in [-0.39, 0.29) is 5.91 Å². The van der Waals surface area contributed by atoms with E-state index in [9.17, 15) is 4.79 Å². The van der Waals surface area contributed by atoms with Gasteiger partial charge in [0.1, 0.15) is 23.0 Å². The van der Waals surface area contributed by atoms with E-state index in [1.54, 1.807) is 40.5 Å². The fraction of sp³-hybridized carbons (Fsp3) is 0.138. The molecule has 0 saturated carbocycles. The number of benzene rings is 4.